The number of ketones is 2. The van der Waals surface area contributed by atoms with Crippen LogP contribution in [0.5, 0.6) is 0 Å². The van der Waals surface area contributed by atoms with Crippen molar-refractivity contribution in [3.8, 4) is 0 Å². The molecule has 11 nitrogen and oxygen atoms in total. The number of hydrogen-bond donors (Lipinski definition) is 2. The number of nitrogens with two attached hydrogens (primary N) is 1. The molecule has 0 radical (unpaired) electrons. The molecule has 0 saturated carbocycles. The fourth-order valence-electron chi connectivity index (χ4n) is 5.05. The predicted molar refractivity (Wildman–Crippen MR) is 142 cm³/mol. The molecule has 5 rings (SSSR count). The molecule has 3 aliphatic rings. The van der Waals surface area contributed by atoms with Crippen LogP contribution in [-0.4, -0.2) is 62.1 Å². The smallest absolute Gasteiger partial charge is 0.418 e. The van der Waals surface area contributed by atoms with Gasteiger partial charge in [-0.3, -0.25) is 24.9 Å². The van der Waals surface area contributed by atoms with Crippen LogP contribution in [0.3, 0.4) is 0 Å². The van der Waals surface area contributed by atoms with E-state index < -0.39 is 53.3 Å². The van der Waals surface area contributed by atoms with Gasteiger partial charge in [0.05, 0.1) is 43.0 Å². The van der Waals surface area contributed by atoms with E-state index in [-0.39, 0.29) is 49.6 Å². The van der Waals surface area contributed by atoms with Gasteiger partial charge in [-0.15, -0.1) is 0 Å². The number of para-hydroxylation sites is 1. The Bertz CT molecular complexity index is 1510. The molecule has 0 bridgehead atoms. The van der Waals surface area contributed by atoms with Crippen LogP contribution in [0.4, 0.5) is 18.9 Å². The highest BCUT2D eigenvalue weighted by Gasteiger charge is 2.47. The molecule has 2 aromatic carbocycles. The second kappa shape index (κ2) is 12.4. The van der Waals surface area contributed by atoms with Crippen molar-refractivity contribution in [1.82, 2.24) is 5.43 Å². The van der Waals surface area contributed by atoms with Crippen LogP contribution in [0.1, 0.15) is 26.3 Å². The molecule has 0 amide bonds. The Labute approximate surface area is 242 Å². The number of fused-ring (bicyclic) bond motifs is 3. The van der Waals surface area contributed by atoms with Crippen LogP contribution >= 0.6 is 0 Å². The van der Waals surface area contributed by atoms with E-state index in [0.717, 1.165) is 6.08 Å². The Morgan fingerprint density at radius 2 is 1.67 bits per heavy atom. The molecule has 0 saturated heterocycles. The lowest BCUT2D eigenvalue weighted by molar-refractivity contribution is -0.277. The molecule has 0 spiro atoms. The maximum atomic E-state index is 13.8. The molecule has 3 atom stereocenters. The lowest BCUT2D eigenvalue weighted by atomic mass is 9.70. The molecule has 1 heterocycles. The fraction of sp³-hybridized carbons (Fsp3) is 0.310. The summed E-state index contributed by atoms with van der Waals surface area (Å²) in [5.41, 5.74) is 9.98. The van der Waals surface area contributed by atoms with Gasteiger partial charge in [-0.25, -0.2) is 9.59 Å². The van der Waals surface area contributed by atoms with Gasteiger partial charge in [-0.05, 0) is 17.7 Å². The van der Waals surface area contributed by atoms with Crippen molar-refractivity contribution < 1.29 is 51.6 Å². The van der Waals surface area contributed by atoms with E-state index in [2.05, 4.69) is 5.43 Å². The Balaban J connectivity index is 1.60. The number of benzene rings is 2. The van der Waals surface area contributed by atoms with E-state index in [0.29, 0.717) is 11.3 Å². The topological polar surface area (TPSA) is 146 Å². The van der Waals surface area contributed by atoms with Crippen LogP contribution in [0.25, 0.3) is 0 Å². The van der Waals surface area contributed by atoms with Crippen molar-refractivity contribution in [2.24, 2.45) is 17.6 Å². The first-order valence-corrected chi connectivity index (χ1v) is 13.2. The average molecular weight is 602 g/mol. The molecule has 0 aromatic heterocycles. The van der Waals surface area contributed by atoms with Crippen LogP contribution in [-0.2, 0) is 35.3 Å². The highest BCUT2D eigenvalue weighted by Crippen LogP contribution is 2.40. The monoisotopic (exact) mass is 601 g/mol. The van der Waals surface area contributed by atoms with Gasteiger partial charge in [0, 0.05) is 17.5 Å². The maximum Gasteiger partial charge on any atom is 0.491 e. The third-order valence-electron chi connectivity index (χ3n) is 7.06. The average Bonchev–Trinajstić information content (AvgIpc) is 2.99. The number of Topliss-reactive ketones (excluding diaryl/α,β-unsaturated/α-hetero) is 2. The number of carbonyl (C=O) groups is 4. The third-order valence-corrected chi connectivity index (χ3v) is 7.06. The maximum absolute atomic E-state index is 13.8. The number of rotatable bonds is 3. The summed E-state index contributed by atoms with van der Waals surface area (Å²) >= 11 is 0. The molecule has 2 aromatic rings. The predicted octanol–water partition coefficient (Wildman–Crippen LogP) is 2.57. The largest absolute Gasteiger partial charge is 0.491 e. The number of halogens is 3. The van der Waals surface area contributed by atoms with E-state index in [1.165, 1.54) is 23.2 Å². The molecular formula is C29H26F3N3O8. The minimum absolute atomic E-state index is 0.0202. The van der Waals surface area contributed by atoms with Gasteiger partial charge >= 0.3 is 18.1 Å². The summed E-state index contributed by atoms with van der Waals surface area (Å²) in [6.45, 7) is 0.0125. The first kappa shape index (κ1) is 29.9. The first-order chi connectivity index (χ1) is 20.6. The second-order valence-electron chi connectivity index (χ2n) is 9.84. The molecule has 3 N–H and O–H groups in total. The second-order valence-corrected chi connectivity index (χ2v) is 9.84. The molecule has 14 heteroatoms. The van der Waals surface area contributed by atoms with E-state index >= 15 is 0 Å². The number of hydrogen-bond acceptors (Lipinski definition) is 11. The number of hydrazine groups is 1. The zero-order valence-corrected chi connectivity index (χ0v) is 22.5. The molecule has 2 aliphatic carbocycles. The van der Waals surface area contributed by atoms with Gasteiger partial charge in [-0.1, -0.05) is 48.5 Å². The normalized spacial score (nSPS) is 23.1. The summed E-state index contributed by atoms with van der Waals surface area (Å²) in [6.07, 6.45) is -3.03. The lowest BCUT2D eigenvalue weighted by Crippen LogP contribution is -2.49. The quantitative estimate of drug-likeness (QED) is 0.395. The van der Waals surface area contributed by atoms with Crippen molar-refractivity contribution in [3.63, 3.8) is 0 Å². The lowest BCUT2D eigenvalue weighted by Gasteiger charge is -2.38. The van der Waals surface area contributed by atoms with E-state index in [4.69, 9.17) is 25.0 Å². The molecule has 43 heavy (non-hydrogen) atoms. The zero-order valence-electron chi connectivity index (χ0n) is 22.5. The first-order valence-electron chi connectivity index (χ1n) is 13.2. The molecular weight excluding hydrogens is 575 g/mol. The highest BCUT2D eigenvalue weighted by atomic mass is 19.4. The summed E-state index contributed by atoms with van der Waals surface area (Å²) in [4.78, 5) is 61.0. The summed E-state index contributed by atoms with van der Waals surface area (Å²) in [5.74, 6) is -7.31. The van der Waals surface area contributed by atoms with E-state index in [1.807, 2.05) is 0 Å². The number of ether oxygens (including phenoxy) is 2. The number of allylic oxidation sites excluding steroid dienone is 3. The zero-order chi connectivity index (χ0) is 30.7. The van der Waals surface area contributed by atoms with Gasteiger partial charge < -0.3 is 15.2 Å². The number of anilines is 1. The standard InChI is InChI=1S/C29H26F3N3O8/c30-29(31,32)28(39)42-22-10-9-19-23(26(37)18-7-3-2-6-17(18)25(19)36)24(22)34-35-11-12-40-13-14-41-43-27(38)20(33)15-16-5-1-4-8-21(16)35/h1-10,19-20,23,34H,11-15,33H2. The van der Waals surface area contributed by atoms with Crippen LogP contribution in [0.15, 0.2) is 72.1 Å². The number of carbonyl (C=O) groups excluding carboxylic acids is 4. The molecule has 1 aliphatic heterocycles. The van der Waals surface area contributed by atoms with Crippen molar-refractivity contribution in [2.75, 3.05) is 31.4 Å². The van der Waals surface area contributed by atoms with Gasteiger partial charge in [0.25, 0.3) is 0 Å². The Kier molecular flexibility index (Phi) is 8.62. The number of alkyl halides is 3. The number of nitrogens with zero attached hydrogens (tertiary/aromatic N) is 1. The van der Waals surface area contributed by atoms with Crippen molar-refractivity contribution in [2.45, 2.75) is 18.6 Å². The summed E-state index contributed by atoms with van der Waals surface area (Å²) in [6, 6.07) is 11.7. The van der Waals surface area contributed by atoms with Crippen molar-refractivity contribution >= 4 is 29.2 Å². The number of esters is 1. The number of nitrogens with one attached hydrogen (secondary N) is 1. The van der Waals surface area contributed by atoms with E-state index in [1.54, 1.807) is 36.4 Å². The van der Waals surface area contributed by atoms with Crippen LogP contribution < -0.4 is 16.2 Å². The van der Waals surface area contributed by atoms with Crippen molar-refractivity contribution in [1.29, 1.82) is 0 Å². The minimum atomic E-state index is -5.33. The fourth-order valence-corrected chi connectivity index (χ4v) is 5.05. The summed E-state index contributed by atoms with van der Waals surface area (Å²) in [5, 5.41) is 1.47. The van der Waals surface area contributed by atoms with Crippen LogP contribution in [0, 0.1) is 11.8 Å². The van der Waals surface area contributed by atoms with Gasteiger partial charge in [0.1, 0.15) is 12.6 Å². The minimum Gasteiger partial charge on any atom is -0.418 e. The van der Waals surface area contributed by atoms with Crippen molar-refractivity contribution in [3.05, 3.63) is 88.8 Å². The Morgan fingerprint density at radius 1 is 0.977 bits per heavy atom. The molecule has 226 valence electrons. The van der Waals surface area contributed by atoms with Gasteiger partial charge in [0.15, 0.2) is 17.3 Å². The van der Waals surface area contributed by atoms with Gasteiger partial charge in [0.2, 0.25) is 0 Å². The van der Waals surface area contributed by atoms with Crippen LogP contribution in [0.2, 0.25) is 0 Å². The molecule has 3 unspecified atom stereocenters. The highest BCUT2D eigenvalue weighted by molar-refractivity contribution is 6.17. The Hall–Kier alpha value is -4.53. The Morgan fingerprint density at radius 3 is 2.42 bits per heavy atom. The SMILES string of the molecule is NC1Cc2ccccc2N(NC2=C(OC(=O)C(F)(F)F)C=CC3C(=O)c4ccccc4C(=O)C23)CCOCCOOC1=O. The third kappa shape index (κ3) is 6.30. The molecule has 0 fully saturated rings. The summed E-state index contributed by atoms with van der Waals surface area (Å²) in [7, 11) is 0. The van der Waals surface area contributed by atoms with Gasteiger partial charge in [-0.2, -0.15) is 18.1 Å². The van der Waals surface area contributed by atoms with E-state index in [9.17, 15) is 32.3 Å². The summed E-state index contributed by atoms with van der Waals surface area (Å²) < 4.78 is 50.1.